The van der Waals surface area contributed by atoms with E-state index in [2.05, 4.69) is 26.9 Å². The molecule has 24 heavy (non-hydrogen) atoms. The highest BCUT2D eigenvalue weighted by atomic mass is 79.9. The van der Waals surface area contributed by atoms with Gasteiger partial charge in [0.1, 0.15) is 9.54 Å². The van der Waals surface area contributed by atoms with Gasteiger partial charge in [-0.3, -0.25) is 4.79 Å². The van der Waals surface area contributed by atoms with Crippen LogP contribution in [-0.4, -0.2) is 51.2 Å². The second-order valence-corrected chi connectivity index (χ2v) is 7.60. The van der Waals surface area contributed by atoms with E-state index in [0.29, 0.717) is 24.4 Å². The van der Waals surface area contributed by atoms with Crippen LogP contribution in [0.15, 0.2) is 33.4 Å². The molecule has 0 aliphatic carbocycles. The van der Waals surface area contributed by atoms with E-state index in [1.54, 1.807) is 14.2 Å². The minimum Gasteiger partial charge on any atom is -0.495 e. The van der Waals surface area contributed by atoms with Gasteiger partial charge in [0, 0.05) is 31.6 Å². The molecule has 3 rings (SSSR count). The Hall–Kier alpha value is -1.73. The predicted molar refractivity (Wildman–Crippen MR) is 99.7 cm³/mol. The Morgan fingerprint density at radius 3 is 2.50 bits per heavy atom. The van der Waals surface area contributed by atoms with Gasteiger partial charge in [-0.05, 0) is 28.1 Å². The number of nitrogens with zero attached hydrogens (tertiary/aromatic N) is 2. The highest BCUT2D eigenvalue weighted by Crippen LogP contribution is 2.36. The number of hydrogen-bond donors (Lipinski definition) is 0. The number of halogens is 1. The van der Waals surface area contributed by atoms with Crippen molar-refractivity contribution in [2.45, 2.75) is 0 Å². The fraction of sp³-hybridized carbons (Fsp3) is 0.353. The molecule has 1 aliphatic heterocycles. The van der Waals surface area contributed by atoms with Crippen LogP contribution in [0.1, 0.15) is 10.4 Å². The van der Waals surface area contributed by atoms with Crippen LogP contribution in [0.5, 0.6) is 11.5 Å². The molecule has 0 spiro atoms. The summed E-state index contributed by atoms with van der Waals surface area (Å²) in [4.78, 5) is 16.9. The molecule has 1 aliphatic rings. The third-order valence-electron chi connectivity index (χ3n) is 4.13. The maximum Gasteiger partial charge on any atom is 0.258 e. The van der Waals surface area contributed by atoms with Gasteiger partial charge in [0.25, 0.3) is 5.91 Å². The normalized spacial score (nSPS) is 14.6. The first-order valence-corrected chi connectivity index (χ1v) is 9.31. The van der Waals surface area contributed by atoms with Crippen molar-refractivity contribution in [1.29, 1.82) is 0 Å². The molecule has 0 saturated carbocycles. The van der Waals surface area contributed by atoms with Gasteiger partial charge in [0.2, 0.25) is 0 Å². The predicted octanol–water partition coefficient (Wildman–Crippen LogP) is 3.49. The molecule has 128 valence electrons. The smallest absolute Gasteiger partial charge is 0.258 e. The fourth-order valence-electron chi connectivity index (χ4n) is 2.87. The van der Waals surface area contributed by atoms with Gasteiger partial charge in [0.15, 0.2) is 5.75 Å². The van der Waals surface area contributed by atoms with Gasteiger partial charge in [-0.1, -0.05) is 12.1 Å². The number of benzene rings is 1. The summed E-state index contributed by atoms with van der Waals surface area (Å²) < 4.78 is 11.6. The summed E-state index contributed by atoms with van der Waals surface area (Å²) in [5.74, 6) is 1.51. The molecule has 2 aromatic rings. The summed E-state index contributed by atoms with van der Waals surface area (Å²) in [6.45, 7) is 2.90. The summed E-state index contributed by atoms with van der Waals surface area (Å²) in [7, 11) is 3.27. The van der Waals surface area contributed by atoms with Crippen molar-refractivity contribution in [2.75, 3.05) is 45.3 Å². The molecule has 2 heterocycles. The van der Waals surface area contributed by atoms with Crippen LogP contribution in [0.4, 0.5) is 5.69 Å². The Morgan fingerprint density at radius 2 is 1.83 bits per heavy atom. The van der Waals surface area contributed by atoms with Gasteiger partial charge in [-0.25, -0.2) is 0 Å². The van der Waals surface area contributed by atoms with Gasteiger partial charge >= 0.3 is 0 Å². The van der Waals surface area contributed by atoms with E-state index in [1.807, 2.05) is 28.5 Å². The van der Waals surface area contributed by atoms with E-state index in [0.717, 1.165) is 28.3 Å². The molecule has 0 unspecified atom stereocenters. The summed E-state index contributed by atoms with van der Waals surface area (Å²) in [6, 6.07) is 7.97. The first-order valence-electron chi connectivity index (χ1n) is 7.64. The standard InChI is InChI=1S/C17H19BrN2O3S/c1-22-14-6-4-3-5-13(14)19-7-9-20(10-8-19)17(21)12-11-24-16(18)15(12)23-2/h3-6,11H,7-10H2,1-2H3. The van der Waals surface area contributed by atoms with Crippen LogP contribution in [0.25, 0.3) is 0 Å². The number of anilines is 1. The van der Waals surface area contributed by atoms with Crippen molar-refractivity contribution < 1.29 is 14.3 Å². The number of para-hydroxylation sites is 2. The van der Waals surface area contributed by atoms with Crippen molar-refractivity contribution >= 4 is 38.9 Å². The van der Waals surface area contributed by atoms with E-state index in [9.17, 15) is 4.79 Å². The SMILES string of the molecule is COc1ccccc1N1CCN(C(=O)c2csc(Br)c2OC)CC1. The molecule has 1 fully saturated rings. The van der Waals surface area contributed by atoms with E-state index < -0.39 is 0 Å². The topological polar surface area (TPSA) is 42.0 Å². The zero-order chi connectivity index (χ0) is 17.1. The summed E-state index contributed by atoms with van der Waals surface area (Å²) >= 11 is 4.89. The Bertz CT molecular complexity index is 726. The third kappa shape index (κ3) is 3.23. The molecule has 7 heteroatoms. The summed E-state index contributed by atoms with van der Waals surface area (Å²) in [6.07, 6.45) is 0. The average Bonchev–Trinajstić information content (AvgIpc) is 3.01. The molecule has 5 nitrogen and oxygen atoms in total. The van der Waals surface area contributed by atoms with Gasteiger partial charge in [0.05, 0.1) is 25.5 Å². The van der Waals surface area contributed by atoms with Crippen LogP contribution in [0, 0.1) is 0 Å². The number of amides is 1. The third-order valence-corrected chi connectivity index (χ3v) is 5.80. The number of methoxy groups -OCH3 is 2. The Kier molecular flexibility index (Phi) is 5.30. The number of piperazine rings is 1. The molecular formula is C17H19BrN2O3S. The largest absolute Gasteiger partial charge is 0.495 e. The van der Waals surface area contributed by atoms with Gasteiger partial charge < -0.3 is 19.3 Å². The van der Waals surface area contributed by atoms with Crippen LogP contribution in [-0.2, 0) is 0 Å². The van der Waals surface area contributed by atoms with Gasteiger partial charge in [-0.15, -0.1) is 11.3 Å². The van der Waals surface area contributed by atoms with E-state index >= 15 is 0 Å². The second kappa shape index (κ2) is 7.44. The highest BCUT2D eigenvalue weighted by molar-refractivity contribution is 9.11. The Labute approximate surface area is 153 Å². The Balaban J connectivity index is 1.70. The van der Waals surface area contributed by atoms with Crippen LogP contribution in [0.3, 0.4) is 0 Å². The highest BCUT2D eigenvalue weighted by Gasteiger charge is 2.27. The van der Waals surface area contributed by atoms with Crippen molar-refractivity contribution in [3.63, 3.8) is 0 Å². The molecule has 1 saturated heterocycles. The zero-order valence-electron chi connectivity index (χ0n) is 13.6. The van der Waals surface area contributed by atoms with Crippen LogP contribution >= 0.6 is 27.3 Å². The van der Waals surface area contributed by atoms with Crippen molar-refractivity contribution in [3.8, 4) is 11.5 Å². The molecule has 1 aromatic carbocycles. The number of ether oxygens (including phenoxy) is 2. The minimum absolute atomic E-state index is 0.0217. The quantitative estimate of drug-likeness (QED) is 0.773. The molecule has 0 bridgehead atoms. The van der Waals surface area contributed by atoms with E-state index in [1.165, 1.54) is 11.3 Å². The second-order valence-electron chi connectivity index (χ2n) is 5.41. The number of carbonyl (C=O) groups excluding carboxylic acids is 1. The first kappa shape index (κ1) is 17.1. The first-order chi connectivity index (χ1) is 11.7. The van der Waals surface area contributed by atoms with Gasteiger partial charge in [-0.2, -0.15) is 0 Å². The lowest BCUT2D eigenvalue weighted by Gasteiger charge is -2.36. The number of carbonyl (C=O) groups is 1. The minimum atomic E-state index is 0.0217. The lowest BCUT2D eigenvalue weighted by molar-refractivity contribution is 0.0744. The zero-order valence-corrected chi connectivity index (χ0v) is 16.0. The maximum atomic E-state index is 12.7. The summed E-state index contributed by atoms with van der Waals surface area (Å²) in [5, 5.41) is 1.85. The van der Waals surface area contributed by atoms with Crippen LogP contribution < -0.4 is 14.4 Å². The average molecular weight is 411 g/mol. The molecule has 1 amide bonds. The number of thiophene rings is 1. The summed E-state index contributed by atoms with van der Waals surface area (Å²) in [5.41, 5.74) is 1.70. The molecule has 1 aromatic heterocycles. The maximum absolute atomic E-state index is 12.7. The van der Waals surface area contributed by atoms with Crippen molar-refractivity contribution in [3.05, 3.63) is 39.0 Å². The lowest BCUT2D eigenvalue weighted by Crippen LogP contribution is -2.48. The molecule has 0 atom stereocenters. The molecule has 0 radical (unpaired) electrons. The van der Waals surface area contributed by atoms with E-state index in [4.69, 9.17) is 9.47 Å². The van der Waals surface area contributed by atoms with Crippen molar-refractivity contribution in [1.82, 2.24) is 4.90 Å². The monoisotopic (exact) mass is 410 g/mol. The van der Waals surface area contributed by atoms with Crippen LogP contribution in [0.2, 0.25) is 0 Å². The lowest BCUT2D eigenvalue weighted by atomic mass is 10.2. The number of hydrogen-bond acceptors (Lipinski definition) is 5. The number of rotatable bonds is 4. The molecular weight excluding hydrogens is 392 g/mol. The van der Waals surface area contributed by atoms with E-state index in [-0.39, 0.29) is 5.91 Å². The molecule has 0 N–H and O–H groups in total. The van der Waals surface area contributed by atoms with Crippen molar-refractivity contribution in [2.24, 2.45) is 0 Å². The Morgan fingerprint density at radius 1 is 1.12 bits per heavy atom. The fourth-order valence-corrected chi connectivity index (χ4v) is 4.26.